The second kappa shape index (κ2) is 8.52. The number of pyridine rings is 1. The lowest BCUT2D eigenvalue weighted by Gasteiger charge is -2.32. The summed E-state index contributed by atoms with van der Waals surface area (Å²) in [7, 11) is 0. The van der Waals surface area contributed by atoms with Crippen LogP contribution in [-0.4, -0.2) is 58.9 Å². The van der Waals surface area contributed by atoms with Gasteiger partial charge in [0.05, 0.1) is 0 Å². The van der Waals surface area contributed by atoms with Gasteiger partial charge in [-0.2, -0.15) is 0 Å². The average molecular weight is 358 g/mol. The Kier molecular flexibility index (Phi) is 6.12. The molecule has 0 aliphatic carbocycles. The lowest BCUT2D eigenvalue weighted by molar-refractivity contribution is -0.129. The summed E-state index contributed by atoms with van der Waals surface area (Å²) in [5.74, 6) is 1.06. The number of likely N-dealkylation sites (tertiary alicyclic amines) is 2. The van der Waals surface area contributed by atoms with Crippen LogP contribution in [0.25, 0.3) is 0 Å². The number of urea groups is 1. The number of aromatic nitrogens is 1. The molecule has 0 bridgehead atoms. The largest absolute Gasteiger partial charge is 0.340 e. The number of hydrogen-bond acceptors (Lipinski definition) is 3. The van der Waals surface area contributed by atoms with Crippen LogP contribution in [0.2, 0.25) is 0 Å². The molecule has 1 aromatic heterocycles. The minimum Gasteiger partial charge on any atom is -0.340 e. The van der Waals surface area contributed by atoms with Gasteiger partial charge in [-0.3, -0.25) is 9.78 Å². The van der Waals surface area contributed by atoms with E-state index in [0.29, 0.717) is 18.9 Å². The zero-order valence-electron chi connectivity index (χ0n) is 15.9. The van der Waals surface area contributed by atoms with Crippen molar-refractivity contribution in [3.05, 3.63) is 30.1 Å². The third-order valence-corrected chi connectivity index (χ3v) is 5.55. The second-order valence-corrected chi connectivity index (χ2v) is 7.89. The summed E-state index contributed by atoms with van der Waals surface area (Å²) in [5.41, 5.74) is 1.27. The van der Waals surface area contributed by atoms with Crippen molar-refractivity contribution in [2.45, 2.75) is 45.6 Å². The normalized spacial score (nSPS) is 21.5. The van der Waals surface area contributed by atoms with Crippen molar-refractivity contribution >= 4 is 11.9 Å². The Balaban J connectivity index is 1.38. The third kappa shape index (κ3) is 4.74. The van der Waals surface area contributed by atoms with Crippen LogP contribution in [0.1, 0.15) is 38.7 Å². The molecule has 142 valence electrons. The second-order valence-electron chi connectivity index (χ2n) is 7.89. The van der Waals surface area contributed by atoms with E-state index in [2.05, 4.69) is 16.4 Å². The molecule has 0 saturated carbocycles. The van der Waals surface area contributed by atoms with E-state index >= 15 is 0 Å². The van der Waals surface area contributed by atoms with Gasteiger partial charge in [-0.25, -0.2) is 4.79 Å². The standard InChI is InChI=1S/C20H30N4O2/c1-15(2)24-14-18(11-19(24)25)13-22-20(26)23-8-5-16(6-9-23)10-17-4-3-7-21-12-17/h3-4,7,12,15-16,18H,5-6,8-11,13-14H2,1-2H3,(H,22,26). The number of carbonyl (C=O) groups excluding carboxylic acids is 2. The Morgan fingerprint density at radius 2 is 2.08 bits per heavy atom. The number of nitrogens with one attached hydrogen (secondary N) is 1. The van der Waals surface area contributed by atoms with E-state index in [0.717, 1.165) is 38.9 Å². The Hall–Kier alpha value is -2.11. The fourth-order valence-corrected chi connectivity index (χ4v) is 3.98. The van der Waals surface area contributed by atoms with Crippen LogP contribution in [0.3, 0.4) is 0 Å². The van der Waals surface area contributed by atoms with Gasteiger partial charge in [0, 0.05) is 57.0 Å². The third-order valence-electron chi connectivity index (χ3n) is 5.55. The molecule has 1 aromatic rings. The highest BCUT2D eigenvalue weighted by Crippen LogP contribution is 2.22. The molecule has 3 amide bonds. The minimum absolute atomic E-state index is 0.0141. The van der Waals surface area contributed by atoms with E-state index in [4.69, 9.17) is 0 Å². The summed E-state index contributed by atoms with van der Waals surface area (Å²) >= 11 is 0. The van der Waals surface area contributed by atoms with Gasteiger partial charge in [0.15, 0.2) is 0 Å². The summed E-state index contributed by atoms with van der Waals surface area (Å²) in [6.45, 7) is 7.02. The first-order chi connectivity index (χ1) is 12.5. The fourth-order valence-electron chi connectivity index (χ4n) is 3.98. The zero-order chi connectivity index (χ0) is 18.5. The van der Waals surface area contributed by atoms with E-state index in [1.165, 1.54) is 5.56 Å². The number of nitrogens with zero attached hydrogens (tertiary/aromatic N) is 3. The van der Waals surface area contributed by atoms with Gasteiger partial charge in [-0.1, -0.05) is 6.07 Å². The van der Waals surface area contributed by atoms with Gasteiger partial charge in [-0.15, -0.1) is 0 Å². The predicted molar refractivity (Wildman–Crippen MR) is 101 cm³/mol. The molecule has 6 heteroatoms. The van der Waals surface area contributed by atoms with Crippen LogP contribution in [0.4, 0.5) is 4.79 Å². The number of amides is 3. The highest BCUT2D eigenvalue weighted by atomic mass is 16.2. The van der Waals surface area contributed by atoms with Crippen molar-refractivity contribution < 1.29 is 9.59 Å². The van der Waals surface area contributed by atoms with Gasteiger partial charge in [0.1, 0.15) is 0 Å². The maximum atomic E-state index is 12.4. The van der Waals surface area contributed by atoms with Gasteiger partial charge >= 0.3 is 6.03 Å². The summed E-state index contributed by atoms with van der Waals surface area (Å²) in [6.07, 6.45) is 7.39. The SMILES string of the molecule is CC(C)N1CC(CNC(=O)N2CCC(Cc3cccnc3)CC2)CC1=O. The molecule has 6 nitrogen and oxygen atoms in total. The summed E-state index contributed by atoms with van der Waals surface area (Å²) in [4.78, 5) is 32.4. The van der Waals surface area contributed by atoms with Crippen molar-refractivity contribution in [2.75, 3.05) is 26.2 Å². The molecule has 0 aromatic carbocycles. The van der Waals surface area contributed by atoms with Crippen LogP contribution in [0.5, 0.6) is 0 Å². The molecular formula is C20H30N4O2. The molecule has 0 radical (unpaired) electrons. The monoisotopic (exact) mass is 358 g/mol. The van der Waals surface area contributed by atoms with E-state index in [9.17, 15) is 9.59 Å². The molecule has 2 aliphatic rings. The van der Waals surface area contributed by atoms with Crippen LogP contribution in [-0.2, 0) is 11.2 Å². The van der Waals surface area contributed by atoms with Crippen LogP contribution < -0.4 is 5.32 Å². The van der Waals surface area contributed by atoms with E-state index in [1.54, 1.807) is 6.20 Å². The highest BCUT2D eigenvalue weighted by Gasteiger charge is 2.31. The molecular weight excluding hydrogens is 328 g/mol. The van der Waals surface area contributed by atoms with E-state index < -0.39 is 0 Å². The minimum atomic E-state index is 0.0141. The number of hydrogen-bond donors (Lipinski definition) is 1. The van der Waals surface area contributed by atoms with Gasteiger partial charge in [0.2, 0.25) is 5.91 Å². The summed E-state index contributed by atoms with van der Waals surface area (Å²) in [5, 5.41) is 3.04. The Bertz CT molecular complexity index is 611. The maximum Gasteiger partial charge on any atom is 0.317 e. The van der Waals surface area contributed by atoms with Crippen molar-refractivity contribution in [3.63, 3.8) is 0 Å². The molecule has 1 N–H and O–H groups in total. The van der Waals surface area contributed by atoms with Gasteiger partial charge in [0.25, 0.3) is 0 Å². The number of rotatable bonds is 5. The first-order valence-corrected chi connectivity index (χ1v) is 9.74. The molecule has 1 atom stereocenters. The first kappa shape index (κ1) is 18.7. The van der Waals surface area contributed by atoms with Crippen molar-refractivity contribution in [2.24, 2.45) is 11.8 Å². The number of piperidine rings is 1. The van der Waals surface area contributed by atoms with Crippen LogP contribution in [0.15, 0.2) is 24.5 Å². The van der Waals surface area contributed by atoms with E-state index in [1.807, 2.05) is 35.9 Å². The van der Waals surface area contributed by atoms with E-state index in [-0.39, 0.29) is 23.9 Å². The molecule has 3 rings (SSSR count). The summed E-state index contributed by atoms with van der Waals surface area (Å²) in [6, 6.07) is 4.35. The number of carbonyl (C=O) groups is 2. The Labute approximate surface area is 156 Å². The first-order valence-electron chi connectivity index (χ1n) is 9.74. The van der Waals surface area contributed by atoms with Gasteiger partial charge in [-0.05, 0) is 50.7 Å². The lowest BCUT2D eigenvalue weighted by atomic mass is 9.91. The van der Waals surface area contributed by atoms with Crippen LogP contribution >= 0.6 is 0 Å². The maximum absolute atomic E-state index is 12.4. The molecule has 2 saturated heterocycles. The quantitative estimate of drug-likeness (QED) is 0.878. The Morgan fingerprint density at radius 3 is 2.69 bits per heavy atom. The smallest absolute Gasteiger partial charge is 0.317 e. The molecule has 2 aliphatic heterocycles. The molecule has 2 fully saturated rings. The van der Waals surface area contributed by atoms with Gasteiger partial charge < -0.3 is 15.1 Å². The molecule has 26 heavy (non-hydrogen) atoms. The van der Waals surface area contributed by atoms with Crippen molar-refractivity contribution in [3.8, 4) is 0 Å². The van der Waals surface area contributed by atoms with Crippen molar-refractivity contribution in [1.82, 2.24) is 20.1 Å². The average Bonchev–Trinajstić information content (AvgIpc) is 3.02. The zero-order valence-corrected chi connectivity index (χ0v) is 15.9. The molecule has 0 spiro atoms. The van der Waals surface area contributed by atoms with Crippen LogP contribution in [0, 0.1) is 11.8 Å². The Morgan fingerprint density at radius 1 is 1.31 bits per heavy atom. The fraction of sp³-hybridized carbons (Fsp3) is 0.650. The topological polar surface area (TPSA) is 65.5 Å². The molecule has 1 unspecified atom stereocenters. The van der Waals surface area contributed by atoms with Crippen molar-refractivity contribution in [1.29, 1.82) is 0 Å². The highest BCUT2D eigenvalue weighted by molar-refractivity contribution is 5.79. The predicted octanol–water partition coefficient (Wildman–Crippen LogP) is 2.30. The lowest BCUT2D eigenvalue weighted by Crippen LogP contribution is -2.46. The molecule has 3 heterocycles. The summed E-state index contributed by atoms with van der Waals surface area (Å²) < 4.78 is 0.